The summed E-state index contributed by atoms with van der Waals surface area (Å²) >= 11 is 0. The summed E-state index contributed by atoms with van der Waals surface area (Å²) in [4.78, 5) is 21.6. The molecule has 1 aromatic rings. The molecule has 0 heterocycles. The van der Waals surface area contributed by atoms with Gasteiger partial charge in [-0.25, -0.2) is 0 Å². The Morgan fingerprint density at radius 1 is 1.24 bits per heavy atom. The van der Waals surface area contributed by atoms with Crippen LogP contribution in [0.1, 0.15) is 25.3 Å². The largest absolute Gasteiger partial charge is 0.545 e. The van der Waals surface area contributed by atoms with Crippen molar-refractivity contribution in [3.8, 4) is 0 Å². The molecule has 4 nitrogen and oxygen atoms in total. The summed E-state index contributed by atoms with van der Waals surface area (Å²) < 4.78 is 0. The third-order valence-electron chi connectivity index (χ3n) is 2.21. The van der Waals surface area contributed by atoms with Crippen LogP contribution in [0.4, 0.5) is 5.69 Å². The van der Waals surface area contributed by atoms with E-state index in [0.29, 0.717) is 11.8 Å². The molecule has 0 aliphatic heterocycles. The van der Waals surface area contributed by atoms with E-state index in [9.17, 15) is 14.7 Å². The molecular formula is C13H14NO3-. The van der Waals surface area contributed by atoms with Crippen LogP contribution in [0, 0.1) is 0 Å². The Morgan fingerprint density at radius 3 is 2.47 bits per heavy atom. The molecule has 0 atom stereocenters. The van der Waals surface area contributed by atoms with Gasteiger partial charge in [0.25, 0.3) is 0 Å². The number of anilines is 1. The lowest BCUT2D eigenvalue weighted by Gasteiger charge is -2.12. The number of aliphatic carboxylic acids is 1. The number of amides is 1. The van der Waals surface area contributed by atoms with Crippen LogP contribution in [-0.4, -0.2) is 11.9 Å². The van der Waals surface area contributed by atoms with Gasteiger partial charge in [-0.2, -0.15) is 0 Å². The first kappa shape index (κ1) is 13.0. The van der Waals surface area contributed by atoms with Crippen LogP contribution in [0.5, 0.6) is 0 Å². The monoisotopic (exact) mass is 232 g/mol. The molecule has 0 aliphatic rings. The van der Waals surface area contributed by atoms with Gasteiger partial charge in [0.2, 0.25) is 5.91 Å². The molecule has 0 radical (unpaired) electrons. The minimum absolute atomic E-state index is 0.275. The second-order valence-corrected chi connectivity index (χ2v) is 3.88. The molecule has 1 amide bonds. The van der Waals surface area contributed by atoms with Crippen molar-refractivity contribution in [2.24, 2.45) is 0 Å². The predicted octanol–water partition coefficient (Wildman–Crippen LogP) is 1.05. The van der Waals surface area contributed by atoms with Crippen LogP contribution in [0.3, 0.4) is 0 Å². The molecule has 1 aromatic carbocycles. The van der Waals surface area contributed by atoms with E-state index in [0.717, 1.165) is 11.6 Å². The summed E-state index contributed by atoms with van der Waals surface area (Å²) in [5, 5.41) is 12.8. The van der Waals surface area contributed by atoms with Crippen molar-refractivity contribution in [3.05, 3.63) is 42.0 Å². The Labute approximate surface area is 100.0 Å². The van der Waals surface area contributed by atoms with E-state index >= 15 is 0 Å². The van der Waals surface area contributed by atoms with E-state index in [1.54, 1.807) is 6.07 Å². The van der Waals surface area contributed by atoms with Gasteiger partial charge in [-0.1, -0.05) is 32.0 Å². The molecule has 0 unspecified atom stereocenters. The highest BCUT2D eigenvalue weighted by atomic mass is 16.4. The number of para-hydroxylation sites is 1. The summed E-state index contributed by atoms with van der Waals surface area (Å²) in [7, 11) is 0. The molecule has 0 saturated heterocycles. The van der Waals surface area contributed by atoms with Gasteiger partial charge in [0.05, 0.1) is 5.97 Å². The van der Waals surface area contributed by atoms with Crippen molar-refractivity contribution < 1.29 is 14.7 Å². The zero-order chi connectivity index (χ0) is 12.8. The fraction of sp³-hybridized carbons (Fsp3) is 0.231. The second kappa shape index (κ2) is 5.84. The van der Waals surface area contributed by atoms with Crippen LogP contribution < -0.4 is 10.4 Å². The van der Waals surface area contributed by atoms with Crippen LogP contribution in [0.25, 0.3) is 0 Å². The van der Waals surface area contributed by atoms with Gasteiger partial charge >= 0.3 is 0 Å². The highest BCUT2D eigenvalue weighted by molar-refractivity contribution is 6.02. The average molecular weight is 232 g/mol. The van der Waals surface area contributed by atoms with Gasteiger partial charge in [-0.15, -0.1) is 0 Å². The fourth-order valence-corrected chi connectivity index (χ4v) is 1.43. The number of carbonyl (C=O) groups excluding carboxylic acids is 2. The maximum absolute atomic E-state index is 11.4. The first-order valence-electron chi connectivity index (χ1n) is 5.29. The van der Waals surface area contributed by atoms with E-state index in [1.807, 2.05) is 32.0 Å². The zero-order valence-corrected chi connectivity index (χ0v) is 9.77. The van der Waals surface area contributed by atoms with E-state index in [1.165, 1.54) is 0 Å². The van der Waals surface area contributed by atoms with E-state index < -0.39 is 11.9 Å². The van der Waals surface area contributed by atoms with Crippen molar-refractivity contribution in [1.82, 2.24) is 0 Å². The molecule has 0 saturated carbocycles. The number of nitrogens with one attached hydrogen (secondary N) is 1. The van der Waals surface area contributed by atoms with Gasteiger partial charge < -0.3 is 15.2 Å². The second-order valence-electron chi connectivity index (χ2n) is 3.88. The van der Waals surface area contributed by atoms with Gasteiger partial charge in [0.15, 0.2) is 0 Å². The van der Waals surface area contributed by atoms with Crippen LogP contribution in [0.2, 0.25) is 0 Å². The Kier molecular flexibility index (Phi) is 4.46. The summed E-state index contributed by atoms with van der Waals surface area (Å²) in [6, 6.07) is 7.40. The Morgan fingerprint density at radius 2 is 1.88 bits per heavy atom. The van der Waals surface area contributed by atoms with Gasteiger partial charge in [0, 0.05) is 11.8 Å². The normalized spacial score (nSPS) is 10.8. The SMILES string of the molecule is CC(C)c1ccccc1NC(=O)C=CC(=O)[O-]. The number of hydrogen-bond acceptors (Lipinski definition) is 3. The number of carbonyl (C=O) groups is 2. The van der Waals surface area contributed by atoms with E-state index in [4.69, 9.17) is 0 Å². The Hall–Kier alpha value is -2.10. The third kappa shape index (κ3) is 4.10. The molecule has 0 spiro atoms. The number of carboxylic acids is 1. The molecule has 17 heavy (non-hydrogen) atoms. The topological polar surface area (TPSA) is 69.2 Å². The molecule has 1 rings (SSSR count). The maximum Gasteiger partial charge on any atom is 0.248 e. The van der Waals surface area contributed by atoms with Gasteiger partial charge in [-0.05, 0) is 23.6 Å². The zero-order valence-electron chi connectivity index (χ0n) is 9.77. The van der Waals surface area contributed by atoms with Crippen LogP contribution in [-0.2, 0) is 9.59 Å². The number of carboxylic acid groups (broad SMARTS) is 1. The molecule has 0 bridgehead atoms. The van der Waals surface area contributed by atoms with Crippen LogP contribution in [0.15, 0.2) is 36.4 Å². The summed E-state index contributed by atoms with van der Waals surface area (Å²) in [5.41, 5.74) is 1.69. The Bertz CT molecular complexity index is 450. The Balaban J connectivity index is 2.81. The summed E-state index contributed by atoms with van der Waals surface area (Å²) in [6.07, 6.45) is 1.64. The van der Waals surface area contributed by atoms with Crippen molar-refractivity contribution in [1.29, 1.82) is 0 Å². The molecular weight excluding hydrogens is 218 g/mol. The van der Waals surface area contributed by atoms with Crippen molar-refractivity contribution in [2.75, 3.05) is 5.32 Å². The fourth-order valence-electron chi connectivity index (χ4n) is 1.43. The quantitative estimate of drug-likeness (QED) is 0.789. The first-order chi connectivity index (χ1) is 8.00. The highest BCUT2D eigenvalue weighted by Gasteiger charge is 2.06. The lowest BCUT2D eigenvalue weighted by atomic mass is 10.0. The summed E-state index contributed by atoms with van der Waals surface area (Å²) in [6.45, 7) is 4.03. The van der Waals surface area contributed by atoms with Crippen molar-refractivity contribution in [2.45, 2.75) is 19.8 Å². The first-order valence-corrected chi connectivity index (χ1v) is 5.29. The lowest BCUT2D eigenvalue weighted by molar-refractivity contribution is -0.297. The lowest BCUT2D eigenvalue weighted by Crippen LogP contribution is -2.20. The van der Waals surface area contributed by atoms with Crippen molar-refractivity contribution in [3.63, 3.8) is 0 Å². The van der Waals surface area contributed by atoms with E-state index in [2.05, 4.69) is 5.32 Å². The predicted molar refractivity (Wildman–Crippen MR) is 63.3 cm³/mol. The van der Waals surface area contributed by atoms with Gasteiger partial charge in [0.1, 0.15) is 0 Å². The number of benzene rings is 1. The van der Waals surface area contributed by atoms with Gasteiger partial charge in [-0.3, -0.25) is 4.79 Å². The highest BCUT2D eigenvalue weighted by Crippen LogP contribution is 2.23. The standard InChI is InChI=1S/C13H15NO3/c1-9(2)10-5-3-4-6-11(10)14-12(15)7-8-13(16)17/h3-9H,1-2H3,(H,14,15)(H,16,17)/p-1. The maximum atomic E-state index is 11.4. The molecule has 0 aliphatic carbocycles. The molecule has 90 valence electrons. The number of hydrogen-bond donors (Lipinski definition) is 1. The molecule has 1 N–H and O–H groups in total. The molecule has 0 aromatic heterocycles. The van der Waals surface area contributed by atoms with E-state index in [-0.39, 0.29) is 5.92 Å². The molecule has 0 fully saturated rings. The molecule has 4 heteroatoms. The summed E-state index contributed by atoms with van der Waals surface area (Å²) in [5.74, 6) is -1.60. The minimum atomic E-state index is -1.39. The smallest absolute Gasteiger partial charge is 0.248 e. The average Bonchev–Trinajstić information content (AvgIpc) is 2.27. The minimum Gasteiger partial charge on any atom is -0.545 e. The number of rotatable bonds is 4. The van der Waals surface area contributed by atoms with Crippen LogP contribution >= 0.6 is 0 Å². The van der Waals surface area contributed by atoms with Crippen molar-refractivity contribution >= 4 is 17.6 Å². The third-order valence-corrected chi connectivity index (χ3v) is 2.21.